The molecule has 0 aromatic heterocycles. The molecule has 11 heteroatoms. The van der Waals surface area contributed by atoms with Crippen LogP contribution < -0.4 is 16.0 Å². The topological polar surface area (TPSA) is 150 Å². The van der Waals surface area contributed by atoms with Gasteiger partial charge in [-0.25, -0.2) is 9.59 Å². The third kappa shape index (κ3) is 8.54. The molecule has 1 heterocycles. The summed E-state index contributed by atoms with van der Waals surface area (Å²) in [5.74, 6) is -0.581. The van der Waals surface area contributed by atoms with E-state index >= 15 is 0 Å². The van der Waals surface area contributed by atoms with E-state index in [-0.39, 0.29) is 36.7 Å². The number of benzene rings is 2. The summed E-state index contributed by atoms with van der Waals surface area (Å²) in [5.41, 5.74) is 1.44. The van der Waals surface area contributed by atoms with E-state index in [2.05, 4.69) is 16.0 Å². The minimum absolute atomic E-state index is 0.0526. The molecule has 4 N–H and O–H groups in total. The molecule has 11 nitrogen and oxygen atoms in total. The van der Waals surface area contributed by atoms with Gasteiger partial charge in [-0.05, 0) is 57.1 Å². The van der Waals surface area contributed by atoms with Crippen LogP contribution in [-0.4, -0.2) is 59.0 Å². The first-order valence-electron chi connectivity index (χ1n) is 13.7. The van der Waals surface area contributed by atoms with Gasteiger partial charge < -0.3 is 25.0 Å². The lowest BCUT2D eigenvalue weighted by Crippen LogP contribution is -2.63. The molecule has 1 saturated carbocycles. The molecular formula is C30H37N5O6. The highest BCUT2D eigenvalue weighted by Gasteiger charge is 2.45. The second kappa shape index (κ2) is 12.8. The fourth-order valence-electron chi connectivity index (χ4n) is 4.38. The fraction of sp³-hybridized carbons (Fsp3) is 0.433. The van der Waals surface area contributed by atoms with Crippen molar-refractivity contribution < 1.29 is 28.7 Å². The predicted molar refractivity (Wildman–Crippen MR) is 151 cm³/mol. The first kappa shape index (κ1) is 29.6. The first-order chi connectivity index (χ1) is 19.5. The van der Waals surface area contributed by atoms with Gasteiger partial charge in [0.1, 0.15) is 30.1 Å². The Bertz CT molecular complexity index is 1270. The summed E-state index contributed by atoms with van der Waals surface area (Å²) < 4.78 is 10.5. The van der Waals surface area contributed by atoms with Crippen molar-refractivity contribution in [3.8, 4) is 0 Å². The van der Waals surface area contributed by atoms with Gasteiger partial charge in [0, 0.05) is 18.7 Å². The molecule has 0 spiro atoms. The zero-order valence-corrected chi connectivity index (χ0v) is 23.6. The molecule has 2 aromatic carbocycles. The number of carbonyl (C=O) groups is 4. The average molecular weight is 564 g/mol. The van der Waals surface area contributed by atoms with Gasteiger partial charge in [-0.1, -0.05) is 54.6 Å². The van der Waals surface area contributed by atoms with Crippen LogP contribution >= 0.6 is 0 Å². The van der Waals surface area contributed by atoms with Crippen LogP contribution in [0.15, 0.2) is 54.6 Å². The lowest BCUT2D eigenvalue weighted by atomic mass is 9.99. The highest BCUT2D eigenvalue weighted by Crippen LogP contribution is 2.35. The smallest absolute Gasteiger partial charge is 0.413 e. The molecule has 2 atom stereocenters. The summed E-state index contributed by atoms with van der Waals surface area (Å²) in [7, 11) is 0. The number of hydrogen-bond acceptors (Lipinski definition) is 7. The molecule has 1 saturated heterocycles. The quantitative estimate of drug-likeness (QED) is 0.271. The number of amidine groups is 1. The van der Waals surface area contributed by atoms with Gasteiger partial charge in [-0.2, -0.15) is 0 Å². The van der Waals surface area contributed by atoms with Gasteiger partial charge in [0.2, 0.25) is 11.8 Å². The van der Waals surface area contributed by atoms with Crippen LogP contribution in [0.1, 0.15) is 56.7 Å². The molecule has 41 heavy (non-hydrogen) atoms. The van der Waals surface area contributed by atoms with Crippen LogP contribution in [0.5, 0.6) is 0 Å². The van der Waals surface area contributed by atoms with E-state index in [1.54, 1.807) is 45.0 Å². The Balaban J connectivity index is 1.23. The number of carbonyl (C=O) groups excluding carboxylic acids is 4. The van der Waals surface area contributed by atoms with Crippen molar-refractivity contribution in [3.63, 3.8) is 0 Å². The molecule has 1 aliphatic carbocycles. The summed E-state index contributed by atoms with van der Waals surface area (Å²) in [4.78, 5) is 51.9. The number of ether oxygens (including phenoxy) is 2. The van der Waals surface area contributed by atoms with Crippen molar-refractivity contribution in [3.05, 3.63) is 71.3 Å². The molecule has 4 amide bonds. The van der Waals surface area contributed by atoms with E-state index in [1.807, 2.05) is 30.3 Å². The molecule has 2 fully saturated rings. The molecular weight excluding hydrogens is 526 g/mol. The van der Waals surface area contributed by atoms with Crippen LogP contribution in [0.2, 0.25) is 0 Å². The zero-order chi connectivity index (χ0) is 29.6. The molecule has 2 aromatic rings. The minimum atomic E-state index is -0.722. The molecule has 0 bridgehead atoms. The number of alkyl carbamates (subject to hydrolysis) is 2. The van der Waals surface area contributed by atoms with Crippen molar-refractivity contribution in [2.24, 2.45) is 5.92 Å². The number of nitrogens with zero attached hydrogens (tertiary/aromatic N) is 1. The number of rotatable bonds is 9. The monoisotopic (exact) mass is 563 g/mol. The average Bonchev–Trinajstić information content (AvgIpc) is 3.74. The highest BCUT2D eigenvalue weighted by atomic mass is 16.6. The number of amides is 4. The fourth-order valence-corrected chi connectivity index (χ4v) is 4.38. The number of hydrogen-bond donors (Lipinski definition) is 4. The summed E-state index contributed by atoms with van der Waals surface area (Å²) in [5, 5.41) is 16.1. The van der Waals surface area contributed by atoms with Crippen molar-refractivity contribution >= 4 is 29.8 Å². The summed E-state index contributed by atoms with van der Waals surface area (Å²) >= 11 is 0. The number of likely N-dealkylation sites (tertiary alicyclic amines) is 1. The maximum absolute atomic E-state index is 13.2. The standard InChI is InChI=1S/C30H37N5O6/c1-30(2,3)41-29(39)33-24(21-13-14-21)27(37)35-16-15-23(35)26(36)32-17-19-9-11-22(12-10-19)25(31)34-28(38)40-18-20-7-5-4-6-8-20/h4-12,21,23-24H,13-18H2,1-3H3,(H,32,36)(H,33,39)(H2,31,34,38)/t23-,24+/m0/s1. The normalized spacial score (nSPS) is 17.0. The van der Waals surface area contributed by atoms with E-state index in [0.717, 1.165) is 24.0 Å². The number of nitrogens with one attached hydrogen (secondary N) is 4. The Morgan fingerprint density at radius 1 is 0.951 bits per heavy atom. The molecule has 0 radical (unpaired) electrons. The lowest BCUT2D eigenvalue weighted by Gasteiger charge is -2.41. The van der Waals surface area contributed by atoms with Crippen molar-refractivity contribution in [2.75, 3.05) is 6.54 Å². The SMILES string of the molecule is CC(C)(C)OC(=O)N[C@@H](C(=O)N1CC[C@H]1C(=O)NCc1ccc(C(=N)NC(=O)OCc2ccccc2)cc1)C1CC1. The molecule has 1 aliphatic heterocycles. The van der Waals surface area contributed by atoms with Crippen molar-refractivity contribution in [2.45, 2.75) is 70.9 Å². The molecule has 4 rings (SSSR count). The molecule has 218 valence electrons. The maximum atomic E-state index is 13.2. The maximum Gasteiger partial charge on any atom is 0.413 e. The third-order valence-corrected chi connectivity index (χ3v) is 6.79. The van der Waals surface area contributed by atoms with Crippen LogP contribution in [0.4, 0.5) is 9.59 Å². The predicted octanol–water partition coefficient (Wildman–Crippen LogP) is 3.46. The Morgan fingerprint density at radius 2 is 1.63 bits per heavy atom. The van der Waals surface area contributed by atoms with Gasteiger partial charge in [0.25, 0.3) is 0 Å². The van der Waals surface area contributed by atoms with E-state index in [0.29, 0.717) is 18.5 Å². The first-order valence-corrected chi connectivity index (χ1v) is 13.7. The van der Waals surface area contributed by atoms with Crippen molar-refractivity contribution in [1.29, 1.82) is 5.41 Å². The second-order valence-corrected chi connectivity index (χ2v) is 11.3. The largest absolute Gasteiger partial charge is 0.444 e. The van der Waals surface area contributed by atoms with Gasteiger partial charge in [-0.15, -0.1) is 0 Å². The highest BCUT2D eigenvalue weighted by molar-refractivity contribution is 6.04. The van der Waals surface area contributed by atoms with Gasteiger partial charge >= 0.3 is 12.2 Å². The van der Waals surface area contributed by atoms with E-state index in [1.165, 1.54) is 4.90 Å². The summed E-state index contributed by atoms with van der Waals surface area (Å²) in [6.07, 6.45) is 0.868. The van der Waals surface area contributed by atoms with Gasteiger partial charge in [0.15, 0.2) is 0 Å². The Kier molecular flexibility index (Phi) is 9.26. The minimum Gasteiger partial charge on any atom is -0.444 e. The van der Waals surface area contributed by atoms with Crippen molar-refractivity contribution in [1.82, 2.24) is 20.9 Å². The Hall–Kier alpha value is -4.41. The van der Waals surface area contributed by atoms with E-state index in [9.17, 15) is 19.2 Å². The van der Waals surface area contributed by atoms with Crippen LogP contribution in [0, 0.1) is 11.3 Å². The summed E-state index contributed by atoms with van der Waals surface area (Å²) in [6, 6.07) is 14.8. The lowest BCUT2D eigenvalue weighted by molar-refractivity contribution is -0.149. The van der Waals surface area contributed by atoms with E-state index < -0.39 is 29.9 Å². The molecule has 0 unspecified atom stereocenters. The Labute approximate surface area is 239 Å². The summed E-state index contributed by atoms with van der Waals surface area (Å²) in [6.45, 7) is 6.07. The van der Waals surface area contributed by atoms with Crippen LogP contribution in [0.25, 0.3) is 0 Å². The zero-order valence-electron chi connectivity index (χ0n) is 23.6. The second-order valence-electron chi connectivity index (χ2n) is 11.3. The third-order valence-electron chi connectivity index (χ3n) is 6.79. The van der Waals surface area contributed by atoms with E-state index in [4.69, 9.17) is 14.9 Å². The molecule has 2 aliphatic rings. The van der Waals surface area contributed by atoms with Crippen LogP contribution in [-0.2, 0) is 32.2 Å². The Morgan fingerprint density at radius 3 is 2.22 bits per heavy atom. The van der Waals surface area contributed by atoms with Crippen LogP contribution in [0.3, 0.4) is 0 Å². The van der Waals surface area contributed by atoms with Gasteiger partial charge in [0.05, 0.1) is 0 Å². The van der Waals surface area contributed by atoms with Gasteiger partial charge in [-0.3, -0.25) is 20.3 Å².